The molecule has 1 N–H and O–H groups in total. The molecular weight excluding hydrogens is 419 g/mol. The molecule has 0 aromatic heterocycles. The first-order valence-corrected chi connectivity index (χ1v) is 10.9. The van der Waals surface area contributed by atoms with Gasteiger partial charge in [0.05, 0.1) is 17.7 Å². The number of hydrogen-bond acceptors (Lipinski definition) is 4. The minimum absolute atomic E-state index is 0.0347. The molecule has 3 aromatic rings. The SMILES string of the molecule is COc1ccccc1N(C)S(=O)(=O)c1ccc(C)c(C(=O)Nc2ccc(F)cc2C)c1. The first-order chi connectivity index (χ1) is 14.6. The quantitative estimate of drug-likeness (QED) is 0.609. The summed E-state index contributed by atoms with van der Waals surface area (Å²) < 4.78 is 46.2. The Labute approximate surface area is 181 Å². The largest absolute Gasteiger partial charge is 0.495 e. The van der Waals surface area contributed by atoms with Gasteiger partial charge in [0, 0.05) is 18.3 Å². The Kier molecular flexibility index (Phi) is 6.31. The Morgan fingerprint density at radius 1 is 1.00 bits per heavy atom. The van der Waals surface area contributed by atoms with Gasteiger partial charge in [-0.05, 0) is 67.4 Å². The van der Waals surface area contributed by atoms with E-state index in [1.165, 1.54) is 44.5 Å². The third kappa shape index (κ3) is 4.54. The highest BCUT2D eigenvalue weighted by Gasteiger charge is 2.25. The number of para-hydroxylation sites is 2. The van der Waals surface area contributed by atoms with Crippen LogP contribution in [-0.4, -0.2) is 28.5 Å². The van der Waals surface area contributed by atoms with Crippen molar-refractivity contribution in [2.75, 3.05) is 23.8 Å². The summed E-state index contributed by atoms with van der Waals surface area (Å²) in [5, 5.41) is 2.72. The fourth-order valence-electron chi connectivity index (χ4n) is 3.14. The van der Waals surface area contributed by atoms with Crippen LogP contribution in [-0.2, 0) is 10.0 Å². The Hall–Kier alpha value is -3.39. The number of amides is 1. The number of hydrogen-bond donors (Lipinski definition) is 1. The van der Waals surface area contributed by atoms with Gasteiger partial charge in [-0.2, -0.15) is 0 Å². The predicted molar refractivity (Wildman–Crippen MR) is 119 cm³/mol. The van der Waals surface area contributed by atoms with Gasteiger partial charge in [0.15, 0.2) is 0 Å². The lowest BCUT2D eigenvalue weighted by Crippen LogP contribution is -2.27. The summed E-state index contributed by atoms with van der Waals surface area (Å²) in [6, 6.07) is 15.2. The minimum Gasteiger partial charge on any atom is -0.495 e. The smallest absolute Gasteiger partial charge is 0.264 e. The summed E-state index contributed by atoms with van der Waals surface area (Å²) in [6.07, 6.45) is 0. The Morgan fingerprint density at radius 3 is 2.39 bits per heavy atom. The van der Waals surface area contributed by atoms with Gasteiger partial charge in [0.1, 0.15) is 11.6 Å². The van der Waals surface area contributed by atoms with Crippen LogP contribution in [0.5, 0.6) is 5.75 Å². The molecule has 0 saturated carbocycles. The van der Waals surface area contributed by atoms with E-state index in [9.17, 15) is 17.6 Å². The zero-order valence-electron chi connectivity index (χ0n) is 17.6. The molecule has 1 amide bonds. The molecule has 31 heavy (non-hydrogen) atoms. The molecule has 0 saturated heterocycles. The molecule has 3 rings (SSSR count). The van der Waals surface area contributed by atoms with Gasteiger partial charge >= 0.3 is 0 Å². The number of anilines is 2. The lowest BCUT2D eigenvalue weighted by atomic mass is 10.1. The van der Waals surface area contributed by atoms with E-state index in [2.05, 4.69) is 5.32 Å². The molecule has 0 aliphatic carbocycles. The highest BCUT2D eigenvalue weighted by atomic mass is 32.2. The van der Waals surface area contributed by atoms with Crippen LogP contribution in [0.4, 0.5) is 15.8 Å². The molecule has 0 aliphatic heterocycles. The fraction of sp³-hybridized carbons (Fsp3) is 0.174. The highest BCUT2D eigenvalue weighted by Crippen LogP contribution is 2.31. The summed E-state index contributed by atoms with van der Waals surface area (Å²) in [6.45, 7) is 3.39. The molecule has 0 bridgehead atoms. The van der Waals surface area contributed by atoms with Crippen molar-refractivity contribution in [2.45, 2.75) is 18.7 Å². The van der Waals surface area contributed by atoms with Gasteiger partial charge < -0.3 is 10.1 Å². The second kappa shape index (κ2) is 8.77. The van der Waals surface area contributed by atoms with Gasteiger partial charge in [0.25, 0.3) is 15.9 Å². The molecule has 0 unspecified atom stereocenters. The maximum Gasteiger partial charge on any atom is 0.264 e. The van der Waals surface area contributed by atoms with Crippen molar-refractivity contribution in [1.82, 2.24) is 0 Å². The molecular formula is C23H23FN2O4S. The van der Waals surface area contributed by atoms with Crippen LogP contribution in [0.2, 0.25) is 0 Å². The van der Waals surface area contributed by atoms with Crippen molar-refractivity contribution < 1.29 is 22.3 Å². The van der Waals surface area contributed by atoms with Crippen molar-refractivity contribution in [3.63, 3.8) is 0 Å². The Morgan fingerprint density at radius 2 is 1.71 bits per heavy atom. The van der Waals surface area contributed by atoms with Crippen molar-refractivity contribution in [3.8, 4) is 5.75 Å². The maximum atomic E-state index is 13.3. The predicted octanol–water partition coefficient (Wildman–Crippen LogP) is 4.53. The maximum absolute atomic E-state index is 13.3. The number of carbonyl (C=O) groups is 1. The molecule has 6 nitrogen and oxygen atoms in total. The Balaban J connectivity index is 1.96. The average molecular weight is 443 g/mol. The standard InChI is InChI=1S/C23H23FN2O4S/c1-15-9-11-18(31(28,29)26(3)21-7-5-6-8-22(21)30-4)14-19(15)23(27)25-20-12-10-17(24)13-16(20)2/h5-14H,1-4H3,(H,25,27). The molecule has 0 atom stereocenters. The summed E-state index contributed by atoms with van der Waals surface area (Å²) >= 11 is 0. The number of sulfonamides is 1. The van der Waals surface area contributed by atoms with Crippen LogP contribution < -0.4 is 14.4 Å². The van der Waals surface area contributed by atoms with Crippen molar-refractivity contribution in [3.05, 3.63) is 83.2 Å². The van der Waals surface area contributed by atoms with E-state index in [1.807, 2.05) is 0 Å². The van der Waals surface area contributed by atoms with E-state index in [-0.39, 0.29) is 10.5 Å². The van der Waals surface area contributed by atoms with E-state index in [0.29, 0.717) is 28.3 Å². The normalized spacial score (nSPS) is 11.1. The summed E-state index contributed by atoms with van der Waals surface area (Å²) in [5.41, 5.74) is 2.20. The van der Waals surface area contributed by atoms with E-state index in [1.54, 1.807) is 44.2 Å². The molecule has 0 aliphatic rings. The van der Waals surface area contributed by atoms with Gasteiger partial charge in [-0.3, -0.25) is 9.10 Å². The number of halogens is 1. The molecule has 0 fully saturated rings. The van der Waals surface area contributed by atoms with Crippen LogP contribution >= 0.6 is 0 Å². The summed E-state index contributed by atoms with van der Waals surface area (Å²) in [7, 11) is -1.07. The number of nitrogens with one attached hydrogen (secondary N) is 1. The zero-order valence-corrected chi connectivity index (χ0v) is 18.5. The first-order valence-electron chi connectivity index (χ1n) is 9.45. The molecule has 162 valence electrons. The second-order valence-electron chi connectivity index (χ2n) is 7.03. The molecule has 0 radical (unpaired) electrons. The monoisotopic (exact) mass is 442 g/mol. The van der Waals surface area contributed by atoms with Crippen LogP contribution in [0, 0.1) is 19.7 Å². The van der Waals surface area contributed by atoms with Crippen LogP contribution in [0.3, 0.4) is 0 Å². The second-order valence-corrected chi connectivity index (χ2v) is 9.00. The zero-order chi connectivity index (χ0) is 22.8. The third-order valence-electron chi connectivity index (χ3n) is 4.97. The lowest BCUT2D eigenvalue weighted by Gasteiger charge is -2.22. The van der Waals surface area contributed by atoms with E-state index < -0.39 is 21.7 Å². The summed E-state index contributed by atoms with van der Waals surface area (Å²) in [4.78, 5) is 12.8. The van der Waals surface area contributed by atoms with Gasteiger partial charge in [-0.15, -0.1) is 0 Å². The molecule has 0 spiro atoms. The first kappa shape index (κ1) is 22.3. The lowest BCUT2D eigenvalue weighted by molar-refractivity contribution is 0.102. The Bertz CT molecular complexity index is 1240. The number of rotatable bonds is 6. The van der Waals surface area contributed by atoms with E-state index in [0.717, 1.165) is 4.31 Å². The average Bonchev–Trinajstić information content (AvgIpc) is 2.75. The van der Waals surface area contributed by atoms with Crippen molar-refractivity contribution in [1.29, 1.82) is 0 Å². The molecule has 0 heterocycles. The number of benzene rings is 3. The highest BCUT2D eigenvalue weighted by molar-refractivity contribution is 7.92. The summed E-state index contributed by atoms with van der Waals surface area (Å²) in [5.74, 6) is -0.478. The fourth-order valence-corrected chi connectivity index (χ4v) is 4.37. The van der Waals surface area contributed by atoms with Crippen molar-refractivity contribution in [2.24, 2.45) is 0 Å². The van der Waals surface area contributed by atoms with Crippen LogP contribution in [0.1, 0.15) is 21.5 Å². The topological polar surface area (TPSA) is 75.7 Å². The molecule has 8 heteroatoms. The number of nitrogens with zero attached hydrogens (tertiary/aromatic N) is 1. The van der Waals surface area contributed by atoms with E-state index >= 15 is 0 Å². The van der Waals surface area contributed by atoms with Gasteiger partial charge in [0.2, 0.25) is 0 Å². The van der Waals surface area contributed by atoms with Crippen molar-refractivity contribution >= 4 is 27.3 Å². The number of ether oxygens (including phenoxy) is 1. The number of methoxy groups -OCH3 is 1. The minimum atomic E-state index is -3.96. The van der Waals surface area contributed by atoms with Crippen LogP contribution in [0.25, 0.3) is 0 Å². The third-order valence-corrected chi connectivity index (χ3v) is 6.74. The van der Waals surface area contributed by atoms with Gasteiger partial charge in [-0.25, -0.2) is 12.8 Å². The van der Waals surface area contributed by atoms with E-state index in [4.69, 9.17) is 4.74 Å². The van der Waals surface area contributed by atoms with Gasteiger partial charge in [-0.1, -0.05) is 18.2 Å². The molecule has 3 aromatic carbocycles. The van der Waals surface area contributed by atoms with Crippen LogP contribution in [0.15, 0.2) is 65.6 Å². The number of aryl methyl sites for hydroxylation is 2. The number of carbonyl (C=O) groups excluding carboxylic acids is 1.